The van der Waals surface area contributed by atoms with E-state index in [-0.39, 0.29) is 6.08 Å². The molecule has 4 heteroatoms. The number of alkyl halides is 3. The van der Waals surface area contributed by atoms with Gasteiger partial charge in [-0.05, 0) is 6.08 Å². The fourth-order valence-corrected chi connectivity index (χ4v) is 0.116. The van der Waals surface area contributed by atoms with Crippen LogP contribution in [0.15, 0.2) is 12.7 Å². The third-order valence-corrected chi connectivity index (χ3v) is 0.465. The second-order valence-corrected chi connectivity index (χ2v) is 1.07. The van der Waals surface area contributed by atoms with Gasteiger partial charge >= 0.3 is 6.18 Å². The van der Waals surface area contributed by atoms with E-state index in [0.29, 0.717) is 0 Å². The van der Waals surface area contributed by atoms with Gasteiger partial charge in [0.1, 0.15) is 0 Å². The van der Waals surface area contributed by atoms with Gasteiger partial charge in [0.05, 0.1) is 0 Å². The first kappa shape index (κ1) is 7.20. The van der Waals surface area contributed by atoms with Crippen molar-refractivity contribution in [3.63, 3.8) is 0 Å². The number of hydrogen-bond acceptors (Lipinski definition) is 1. The first-order valence-electron chi connectivity index (χ1n) is 1.72. The van der Waals surface area contributed by atoms with Gasteiger partial charge in [0.2, 0.25) is 0 Å². The monoisotopic (exact) mass is 124 g/mol. The average Bonchev–Trinajstić information content (AvgIpc) is 1.62. The molecule has 0 aliphatic carbocycles. The van der Waals surface area contributed by atoms with Gasteiger partial charge in [-0.15, -0.1) is 0 Å². The van der Waals surface area contributed by atoms with Crippen LogP contribution < -0.4 is 0 Å². The summed E-state index contributed by atoms with van der Waals surface area (Å²) >= 11 is 0. The van der Waals surface area contributed by atoms with Crippen LogP contribution in [0.25, 0.3) is 0 Å². The minimum absolute atomic E-state index is 0.236. The normalized spacial score (nSPS) is 10.9. The Balaban J connectivity index is 4.02. The van der Waals surface area contributed by atoms with Crippen LogP contribution in [-0.2, 0) is 4.79 Å². The van der Waals surface area contributed by atoms with Crippen LogP contribution in [0, 0.1) is 0 Å². The quantitative estimate of drug-likeness (QED) is 0.481. The zero-order valence-electron chi connectivity index (χ0n) is 3.83. The standard InChI is InChI=1S/C4H3F3O/c1-2-3(8)4(5,6)7/h2H,1H2. The topological polar surface area (TPSA) is 17.1 Å². The van der Waals surface area contributed by atoms with E-state index >= 15 is 0 Å². The van der Waals surface area contributed by atoms with Gasteiger partial charge in [-0.1, -0.05) is 6.58 Å². The molecule has 0 heterocycles. The van der Waals surface area contributed by atoms with Gasteiger partial charge in [0.25, 0.3) is 5.78 Å². The van der Waals surface area contributed by atoms with Gasteiger partial charge in [0.15, 0.2) is 0 Å². The smallest absolute Gasteiger partial charge is 0.285 e. The van der Waals surface area contributed by atoms with Crippen LogP contribution in [0.1, 0.15) is 0 Å². The molecule has 0 rings (SSSR count). The Labute approximate surface area is 43.8 Å². The lowest BCUT2D eigenvalue weighted by Gasteiger charge is -1.96. The molecule has 0 aliphatic rings. The first-order chi connectivity index (χ1) is 3.48. The van der Waals surface area contributed by atoms with Crippen molar-refractivity contribution in [2.75, 3.05) is 0 Å². The number of carbonyl (C=O) groups is 1. The van der Waals surface area contributed by atoms with Gasteiger partial charge in [-0.3, -0.25) is 4.79 Å². The Morgan fingerprint density at radius 3 is 1.88 bits per heavy atom. The molecule has 0 spiro atoms. The van der Waals surface area contributed by atoms with Crippen molar-refractivity contribution in [2.45, 2.75) is 6.18 Å². The maximum Gasteiger partial charge on any atom is 0.454 e. The predicted octanol–water partition coefficient (Wildman–Crippen LogP) is 1.30. The van der Waals surface area contributed by atoms with E-state index in [1.165, 1.54) is 0 Å². The highest BCUT2D eigenvalue weighted by Crippen LogP contribution is 2.15. The number of rotatable bonds is 1. The van der Waals surface area contributed by atoms with E-state index in [4.69, 9.17) is 0 Å². The molecular formula is C4H3F3O. The highest BCUT2D eigenvalue weighted by atomic mass is 19.4. The summed E-state index contributed by atoms with van der Waals surface area (Å²) in [5.74, 6) is -1.91. The summed E-state index contributed by atoms with van der Waals surface area (Å²) in [6, 6.07) is 0. The third kappa shape index (κ3) is 1.77. The molecule has 0 N–H and O–H groups in total. The summed E-state index contributed by atoms with van der Waals surface area (Å²) in [6.45, 7) is 2.66. The fraction of sp³-hybridized carbons (Fsp3) is 0.250. The molecule has 0 aromatic rings. The minimum atomic E-state index is -4.75. The molecule has 0 amide bonds. The zero-order valence-corrected chi connectivity index (χ0v) is 3.83. The number of halogens is 3. The third-order valence-electron chi connectivity index (χ3n) is 0.465. The largest absolute Gasteiger partial charge is 0.454 e. The van der Waals surface area contributed by atoms with Crippen molar-refractivity contribution >= 4 is 5.78 Å². The molecule has 0 saturated heterocycles. The summed E-state index contributed by atoms with van der Waals surface area (Å²) in [7, 11) is 0. The minimum Gasteiger partial charge on any atom is -0.285 e. The Bertz CT molecular complexity index is 113. The van der Waals surface area contributed by atoms with Crippen LogP contribution in [-0.4, -0.2) is 12.0 Å². The number of hydrogen-bond donors (Lipinski definition) is 0. The van der Waals surface area contributed by atoms with Crippen LogP contribution >= 0.6 is 0 Å². The number of ketones is 1. The maximum atomic E-state index is 11.0. The molecular weight excluding hydrogens is 121 g/mol. The van der Waals surface area contributed by atoms with Crippen LogP contribution in [0.3, 0.4) is 0 Å². The average molecular weight is 124 g/mol. The van der Waals surface area contributed by atoms with Crippen LogP contribution in [0.4, 0.5) is 13.2 Å². The van der Waals surface area contributed by atoms with Crippen molar-refractivity contribution in [3.05, 3.63) is 12.7 Å². The fourth-order valence-electron chi connectivity index (χ4n) is 0.116. The van der Waals surface area contributed by atoms with Crippen molar-refractivity contribution in [2.24, 2.45) is 0 Å². The number of allylic oxidation sites excluding steroid dienone is 1. The Kier molecular flexibility index (Phi) is 1.78. The molecule has 0 aliphatic heterocycles. The zero-order chi connectivity index (χ0) is 6.78. The second-order valence-electron chi connectivity index (χ2n) is 1.07. The maximum absolute atomic E-state index is 11.0. The molecule has 46 valence electrons. The summed E-state index contributed by atoms with van der Waals surface area (Å²) < 4.78 is 33.1. The van der Waals surface area contributed by atoms with Crippen molar-refractivity contribution in [1.82, 2.24) is 0 Å². The van der Waals surface area contributed by atoms with E-state index in [0.717, 1.165) is 0 Å². The van der Waals surface area contributed by atoms with Crippen molar-refractivity contribution in [1.29, 1.82) is 0 Å². The number of carbonyl (C=O) groups excluding carboxylic acids is 1. The van der Waals surface area contributed by atoms with Gasteiger partial charge < -0.3 is 0 Å². The first-order valence-corrected chi connectivity index (χ1v) is 1.72. The lowest BCUT2D eigenvalue weighted by molar-refractivity contribution is -0.165. The molecule has 0 fully saturated rings. The molecule has 1 nitrogen and oxygen atoms in total. The Hall–Kier alpha value is -0.800. The molecule has 8 heavy (non-hydrogen) atoms. The lowest BCUT2D eigenvalue weighted by Crippen LogP contribution is -2.19. The highest BCUT2D eigenvalue weighted by molar-refractivity contribution is 5.93. The van der Waals surface area contributed by atoms with E-state index in [1.54, 1.807) is 0 Å². The summed E-state index contributed by atoms with van der Waals surface area (Å²) in [5, 5.41) is 0. The van der Waals surface area contributed by atoms with Gasteiger partial charge in [0, 0.05) is 0 Å². The second kappa shape index (κ2) is 1.98. The molecule has 0 aromatic carbocycles. The summed E-state index contributed by atoms with van der Waals surface area (Å²) in [4.78, 5) is 9.59. The van der Waals surface area contributed by atoms with E-state index in [2.05, 4.69) is 6.58 Å². The molecule has 0 unspecified atom stereocenters. The molecule has 0 aromatic heterocycles. The molecule has 0 radical (unpaired) electrons. The van der Waals surface area contributed by atoms with Crippen LogP contribution in [0.2, 0.25) is 0 Å². The SMILES string of the molecule is C=CC(=O)C(F)(F)F. The van der Waals surface area contributed by atoms with Gasteiger partial charge in [-0.25, -0.2) is 0 Å². The Morgan fingerprint density at radius 1 is 1.50 bits per heavy atom. The summed E-state index contributed by atoms with van der Waals surface area (Å²) in [5.41, 5.74) is 0. The van der Waals surface area contributed by atoms with Crippen LogP contribution in [0.5, 0.6) is 0 Å². The highest BCUT2D eigenvalue weighted by Gasteiger charge is 2.35. The van der Waals surface area contributed by atoms with Gasteiger partial charge in [-0.2, -0.15) is 13.2 Å². The predicted molar refractivity (Wildman–Crippen MR) is 21.3 cm³/mol. The molecule has 0 saturated carbocycles. The van der Waals surface area contributed by atoms with E-state index < -0.39 is 12.0 Å². The Morgan fingerprint density at radius 2 is 1.88 bits per heavy atom. The lowest BCUT2D eigenvalue weighted by atomic mass is 10.4. The van der Waals surface area contributed by atoms with Crippen molar-refractivity contribution < 1.29 is 18.0 Å². The van der Waals surface area contributed by atoms with E-state index in [1.807, 2.05) is 0 Å². The molecule has 0 bridgehead atoms. The summed E-state index contributed by atoms with van der Waals surface area (Å²) in [6.07, 6.45) is -4.51. The van der Waals surface area contributed by atoms with Crippen molar-refractivity contribution in [3.8, 4) is 0 Å². The van der Waals surface area contributed by atoms with E-state index in [9.17, 15) is 18.0 Å². The molecule has 0 atom stereocenters.